The zero-order chi connectivity index (χ0) is 10.1. The molecule has 0 spiro atoms. The number of imidazole rings is 1. The zero-order valence-electron chi connectivity index (χ0n) is 7.75. The molecule has 0 aliphatic carbocycles. The van der Waals surface area contributed by atoms with Crippen molar-refractivity contribution < 1.29 is 5.11 Å². The lowest BCUT2D eigenvalue weighted by Crippen LogP contribution is -2.11. The molecule has 0 aliphatic heterocycles. The van der Waals surface area contributed by atoms with Crippen LogP contribution in [0.3, 0.4) is 0 Å². The van der Waals surface area contributed by atoms with Crippen molar-refractivity contribution in [3.63, 3.8) is 0 Å². The summed E-state index contributed by atoms with van der Waals surface area (Å²) in [6.07, 6.45) is 2.52. The second kappa shape index (κ2) is 3.22. The third kappa shape index (κ3) is 1.39. The number of nitrogen functional groups attached to an aromatic ring is 1. The van der Waals surface area contributed by atoms with Crippen LogP contribution in [-0.4, -0.2) is 30.7 Å². The van der Waals surface area contributed by atoms with Crippen molar-refractivity contribution in [3.05, 3.63) is 12.7 Å². The average Bonchev–Trinajstić information content (AvgIpc) is 2.49. The molecule has 0 aromatic carbocycles. The van der Waals surface area contributed by atoms with Gasteiger partial charge in [-0.2, -0.15) is 0 Å². The molecule has 14 heavy (non-hydrogen) atoms. The predicted molar refractivity (Wildman–Crippen MR) is 51.4 cm³/mol. The molecule has 0 saturated heterocycles. The summed E-state index contributed by atoms with van der Waals surface area (Å²) in [5.41, 5.74) is 6.91. The second-order valence-corrected chi connectivity index (χ2v) is 3.18. The molecule has 3 N–H and O–H groups in total. The number of nitrogens with two attached hydrogens (primary N) is 1. The molecule has 2 heterocycles. The summed E-state index contributed by atoms with van der Waals surface area (Å²) in [7, 11) is 0. The number of aliphatic hydroxyl groups is 1. The molecule has 1 unspecified atom stereocenters. The molecule has 2 aromatic rings. The first kappa shape index (κ1) is 8.89. The van der Waals surface area contributed by atoms with Gasteiger partial charge in [-0.1, -0.05) is 0 Å². The van der Waals surface area contributed by atoms with Gasteiger partial charge in [0.05, 0.1) is 12.4 Å². The number of hydrogen-bond donors (Lipinski definition) is 2. The summed E-state index contributed by atoms with van der Waals surface area (Å²) >= 11 is 0. The van der Waals surface area contributed by atoms with Crippen LogP contribution < -0.4 is 5.73 Å². The van der Waals surface area contributed by atoms with Gasteiger partial charge >= 0.3 is 0 Å². The van der Waals surface area contributed by atoms with Gasteiger partial charge in [0.2, 0.25) is 0 Å². The lowest BCUT2D eigenvalue weighted by atomic mass is 10.4. The van der Waals surface area contributed by atoms with Crippen molar-refractivity contribution >= 4 is 17.0 Å². The van der Waals surface area contributed by atoms with Crippen LogP contribution in [0.4, 0.5) is 5.82 Å². The summed E-state index contributed by atoms with van der Waals surface area (Å²) in [6.45, 7) is 2.14. The molecule has 6 heteroatoms. The summed E-state index contributed by atoms with van der Waals surface area (Å²) in [4.78, 5) is 11.9. The third-order valence-corrected chi connectivity index (χ3v) is 1.90. The fourth-order valence-electron chi connectivity index (χ4n) is 1.36. The highest BCUT2D eigenvalue weighted by molar-refractivity contribution is 5.81. The monoisotopic (exact) mass is 193 g/mol. The van der Waals surface area contributed by atoms with Crippen molar-refractivity contribution in [1.29, 1.82) is 0 Å². The van der Waals surface area contributed by atoms with Gasteiger partial charge in [0, 0.05) is 6.54 Å². The third-order valence-electron chi connectivity index (χ3n) is 1.90. The van der Waals surface area contributed by atoms with Crippen LogP contribution in [0.2, 0.25) is 0 Å². The van der Waals surface area contributed by atoms with Crippen molar-refractivity contribution in [2.45, 2.75) is 19.6 Å². The lowest BCUT2D eigenvalue weighted by molar-refractivity contribution is 0.175. The van der Waals surface area contributed by atoms with E-state index in [9.17, 15) is 5.11 Å². The minimum Gasteiger partial charge on any atom is -0.392 e. The standard InChI is InChI=1S/C8H11N5O/c1-5(14)2-13-4-12-8-6(13)7(9)10-3-11-8/h3-5,14H,2H2,1H3,(H2,9,10,11). The first-order valence-electron chi connectivity index (χ1n) is 4.28. The molecule has 0 fully saturated rings. The number of aromatic nitrogens is 4. The van der Waals surface area contributed by atoms with E-state index in [2.05, 4.69) is 15.0 Å². The summed E-state index contributed by atoms with van der Waals surface area (Å²) in [6, 6.07) is 0. The van der Waals surface area contributed by atoms with Crippen molar-refractivity contribution in [3.8, 4) is 0 Å². The Hall–Kier alpha value is -1.69. The van der Waals surface area contributed by atoms with Crippen LogP contribution in [0.1, 0.15) is 6.92 Å². The number of fused-ring (bicyclic) bond motifs is 1. The maximum Gasteiger partial charge on any atom is 0.182 e. The maximum atomic E-state index is 9.24. The molecule has 0 bridgehead atoms. The highest BCUT2D eigenvalue weighted by Crippen LogP contribution is 2.15. The predicted octanol–water partition coefficient (Wildman–Crippen LogP) is -0.211. The smallest absolute Gasteiger partial charge is 0.182 e. The van der Waals surface area contributed by atoms with E-state index >= 15 is 0 Å². The van der Waals surface area contributed by atoms with E-state index in [4.69, 9.17) is 5.73 Å². The molecule has 6 nitrogen and oxygen atoms in total. The minimum atomic E-state index is -0.452. The van der Waals surface area contributed by atoms with E-state index in [1.807, 2.05) is 0 Å². The van der Waals surface area contributed by atoms with Crippen molar-refractivity contribution in [1.82, 2.24) is 19.5 Å². The van der Waals surface area contributed by atoms with Crippen LogP contribution in [0.5, 0.6) is 0 Å². The van der Waals surface area contributed by atoms with Gasteiger partial charge in [0.1, 0.15) is 11.8 Å². The molecule has 0 aliphatic rings. The Morgan fingerprint density at radius 1 is 1.50 bits per heavy atom. The number of anilines is 1. The van der Waals surface area contributed by atoms with E-state index in [1.165, 1.54) is 6.33 Å². The molecule has 0 radical (unpaired) electrons. The lowest BCUT2D eigenvalue weighted by Gasteiger charge is -2.06. The van der Waals surface area contributed by atoms with Crippen molar-refractivity contribution in [2.24, 2.45) is 0 Å². The first-order valence-corrected chi connectivity index (χ1v) is 4.28. The first-order chi connectivity index (χ1) is 6.68. The van der Waals surface area contributed by atoms with Gasteiger partial charge in [0.15, 0.2) is 11.5 Å². The molecule has 0 amide bonds. The van der Waals surface area contributed by atoms with E-state index in [-0.39, 0.29) is 0 Å². The highest BCUT2D eigenvalue weighted by Gasteiger charge is 2.09. The van der Waals surface area contributed by atoms with Gasteiger partial charge in [-0.25, -0.2) is 15.0 Å². The Morgan fingerprint density at radius 2 is 2.29 bits per heavy atom. The Bertz CT molecular complexity index is 450. The highest BCUT2D eigenvalue weighted by atomic mass is 16.3. The van der Waals surface area contributed by atoms with E-state index in [0.29, 0.717) is 23.5 Å². The Balaban J connectivity index is 2.55. The van der Waals surface area contributed by atoms with Gasteiger partial charge in [-0.05, 0) is 6.92 Å². The summed E-state index contributed by atoms with van der Waals surface area (Å²) in [5.74, 6) is 0.383. The second-order valence-electron chi connectivity index (χ2n) is 3.18. The largest absolute Gasteiger partial charge is 0.392 e. The molecular formula is C8H11N5O. The van der Waals surface area contributed by atoms with Gasteiger partial charge in [0.25, 0.3) is 0 Å². The van der Waals surface area contributed by atoms with Gasteiger partial charge in [-0.3, -0.25) is 0 Å². The average molecular weight is 193 g/mol. The fourth-order valence-corrected chi connectivity index (χ4v) is 1.36. The number of rotatable bonds is 2. The summed E-state index contributed by atoms with van der Waals surface area (Å²) in [5, 5.41) is 9.24. The zero-order valence-corrected chi connectivity index (χ0v) is 7.75. The number of hydrogen-bond acceptors (Lipinski definition) is 5. The fraction of sp³-hybridized carbons (Fsp3) is 0.375. The van der Waals surface area contributed by atoms with Gasteiger partial charge < -0.3 is 15.4 Å². The molecule has 2 aromatic heterocycles. The molecule has 74 valence electrons. The normalized spacial score (nSPS) is 13.3. The molecule has 1 atom stereocenters. The van der Waals surface area contributed by atoms with Crippen LogP contribution >= 0.6 is 0 Å². The Kier molecular flexibility index (Phi) is 2.05. The molecule has 0 saturated carbocycles. The number of aliphatic hydroxyl groups excluding tert-OH is 1. The quantitative estimate of drug-likeness (QED) is 0.688. The Morgan fingerprint density at radius 3 is 3.00 bits per heavy atom. The van der Waals surface area contributed by atoms with Crippen LogP contribution in [0, 0.1) is 0 Å². The van der Waals surface area contributed by atoms with E-state index in [0.717, 1.165) is 0 Å². The number of nitrogens with zero attached hydrogens (tertiary/aromatic N) is 4. The van der Waals surface area contributed by atoms with Crippen LogP contribution in [-0.2, 0) is 6.54 Å². The minimum absolute atomic E-state index is 0.383. The van der Waals surface area contributed by atoms with Crippen LogP contribution in [0.15, 0.2) is 12.7 Å². The topological polar surface area (TPSA) is 89.8 Å². The molecule has 2 rings (SSSR count). The van der Waals surface area contributed by atoms with Crippen LogP contribution in [0.25, 0.3) is 11.2 Å². The summed E-state index contributed by atoms with van der Waals surface area (Å²) < 4.78 is 1.75. The Labute approximate surface area is 80.4 Å². The molecular weight excluding hydrogens is 182 g/mol. The van der Waals surface area contributed by atoms with E-state index in [1.54, 1.807) is 17.8 Å². The maximum absolute atomic E-state index is 9.24. The SMILES string of the molecule is CC(O)Cn1cnc2ncnc(N)c21. The van der Waals surface area contributed by atoms with E-state index < -0.39 is 6.10 Å². The van der Waals surface area contributed by atoms with Crippen molar-refractivity contribution in [2.75, 3.05) is 5.73 Å². The van der Waals surface area contributed by atoms with Gasteiger partial charge in [-0.15, -0.1) is 0 Å².